The van der Waals surface area contributed by atoms with E-state index in [9.17, 15) is 9.59 Å². The molecule has 7 heteroatoms. The van der Waals surface area contributed by atoms with Crippen LogP contribution in [0.4, 0.5) is 0 Å². The van der Waals surface area contributed by atoms with Crippen molar-refractivity contribution in [1.82, 2.24) is 14.7 Å². The molecular formula is C21H31N3O4. The Hall–Kier alpha value is -2.57. The number of hydrogen-bond donors (Lipinski definition) is 0. The van der Waals surface area contributed by atoms with E-state index in [1.54, 1.807) is 24.9 Å². The largest absolute Gasteiger partial charge is 0.465 e. The van der Waals surface area contributed by atoms with Gasteiger partial charge in [-0.25, -0.2) is 4.79 Å². The van der Waals surface area contributed by atoms with Crippen molar-refractivity contribution in [2.75, 3.05) is 14.2 Å². The van der Waals surface area contributed by atoms with Crippen molar-refractivity contribution < 1.29 is 18.7 Å². The maximum absolute atomic E-state index is 12.6. The van der Waals surface area contributed by atoms with Gasteiger partial charge in [0.2, 0.25) is 5.91 Å². The lowest BCUT2D eigenvalue weighted by Crippen LogP contribution is -2.26. The summed E-state index contributed by atoms with van der Waals surface area (Å²) in [6.07, 6.45) is 1.05. The highest BCUT2D eigenvalue weighted by molar-refractivity contribution is 5.90. The van der Waals surface area contributed by atoms with E-state index in [4.69, 9.17) is 9.15 Å². The van der Waals surface area contributed by atoms with Gasteiger partial charge in [-0.05, 0) is 44.7 Å². The molecule has 0 radical (unpaired) electrons. The van der Waals surface area contributed by atoms with E-state index < -0.39 is 5.97 Å². The third kappa shape index (κ3) is 5.03. The summed E-state index contributed by atoms with van der Waals surface area (Å²) in [5, 5.41) is 4.61. The molecule has 28 heavy (non-hydrogen) atoms. The summed E-state index contributed by atoms with van der Waals surface area (Å²) in [6, 6.07) is 1.63. The van der Waals surface area contributed by atoms with Gasteiger partial charge in [-0.1, -0.05) is 13.8 Å². The van der Waals surface area contributed by atoms with E-state index >= 15 is 0 Å². The molecule has 0 bridgehead atoms. The van der Waals surface area contributed by atoms with Crippen molar-refractivity contribution in [1.29, 1.82) is 0 Å². The summed E-state index contributed by atoms with van der Waals surface area (Å²) in [7, 11) is 3.07. The molecule has 0 spiro atoms. The average Bonchev–Trinajstić information content (AvgIpc) is 3.11. The first-order valence-corrected chi connectivity index (χ1v) is 9.58. The van der Waals surface area contributed by atoms with E-state index in [2.05, 4.69) is 25.9 Å². The Morgan fingerprint density at radius 3 is 2.57 bits per heavy atom. The number of nitrogens with zero attached hydrogens (tertiary/aromatic N) is 3. The molecule has 0 fully saturated rings. The number of rotatable bonds is 8. The number of amides is 1. The minimum absolute atomic E-state index is 0.0177. The topological polar surface area (TPSA) is 77.6 Å². The van der Waals surface area contributed by atoms with Crippen molar-refractivity contribution in [3.05, 3.63) is 40.1 Å². The number of furan rings is 1. The number of aromatic nitrogens is 2. The molecule has 1 amide bonds. The predicted octanol–water partition coefficient (Wildman–Crippen LogP) is 3.44. The number of methoxy groups -OCH3 is 1. The van der Waals surface area contributed by atoms with Crippen LogP contribution >= 0.6 is 0 Å². The van der Waals surface area contributed by atoms with Gasteiger partial charge in [0, 0.05) is 25.7 Å². The van der Waals surface area contributed by atoms with Gasteiger partial charge in [0.15, 0.2) is 0 Å². The first-order valence-electron chi connectivity index (χ1n) is 9.58. The van der Waals surface area contributed by atoms with Gasteiger partial charge in [-0.15, -0.1) is 0 Å². The monoisotopic (exact) mass is 389 g/mol. The fourth-order valence-corrected chi connectivity index (χ4v) is 3.30. The summed E-state index contributed by atoms with van der Waals surface area (Å²) >= 11 is 0. The van der Waals surface area contributed by atoms with Crippen LogP contribution in [0.5, 0.6) is 0 Å². The first kappa shape index (κ1) is 21.7. The second-order valence-electron chi connectivity index (χ2n) is 7.65. The Kier molecular flexibility index (Phi) is 7.05. The van der Waals surface area contributed by atoms with E-state index in [0.717, 1.165) is 23.5 Å². The number of carbonyl (C=O) groups is 2. The molecule has 0 N–H and O–H groups in total. The summed E-state index contributed by atoms with van der Waals surface area (Å²) in [6.45, 7) is 11.3. The number of ether oxygens (including phenoxy) is 1. The summed E-state index contributed by atoms with van der Waals surface area (Å²) in [4.78, 5) is 25.9. The van der Waals surface area contributed by atoms with Gasteiger partial charge in [-0.2, -0.15) is 5.10 Å². The molecule has 7 nitrogen and oxygen atoms in total. The molecule has 0 atom stereocenters. The first-order chi connectivity index (χ1) is 13.1. The maximum Gasteiger partial charge on any atom is 0.341 e. The standard InChI is InChI=1S/C21H31N3O4/c1-13(2)11-24-15(4)18(14(3)22-24)8-9-20(25)23(6)12-17-10-19(16(5)28-17)21(26)27-7/h10,13H,8-9,11-12H2,1-7H3. The summed E-state index contributed by atoms with van der Waals surface area (Å²) in [5.41, 5.74) is 3.65. The van der Waals surface area contributed by atoms with E-state index in [1.807, 2.05) is 11.6 Å². The number of esters is 1. The van der Waals surface area contributed by atoms with E-state index in [0.29, 0.717) is 42.4 Å². The van der Waals surface area contributed by atoms with Gasteiger partial charge in [0.1, 0.15) is 17.1 Å². The van der Waals surface area contributed by atoms with Crippen LogP contribution in [0.1, 0.15) is 59.1 Å². The lowest BCUT2D eigenvalue weighted by Gasteiger charge is -2.16. The van der Waals surface area contributed by atoms with Crippen molar-refractivity contribution in [2.24, 2.45) is 5.92 Å². The van der Waals surface area contributed by atoms with Crippen LogP contribution < -0.4 is 0 Å². The molecule has 2 aromatic heterocycles. The molecule has 0 saturated heterocycles. The van der Waals surface area contributed by atoms with Crippen LogP contribution in [0.2, 0.25) is 0 Å². The number of hydrogen-bond acceptors (Lipinski definition) is 5. The van der Waals surface area contributed by atoms with Gasteiger partial charge in [0.25, 0.3) is 0 Å². The third-order valence-electron chi connectivity index (χ3n) is 4.85. The van der Waals surface area contributed by atoms with Gasteiger partial charge < -0.3 is 14.1 Å². The highest BCUT2D eigenvalue weighted by atomic mass is 16.5. The number of carbonyl (C=O) groups excluding carboxylic acids is 2. The quantitative estimate of drug-likeness (QED) is 0.647. The predicted molar refractivity (Wildman–Crippen MR) is 106 cm³/mol. The zero-order chi connectivity index (χ0) is 21.0. The summed E-state index contributed by atoms with van der Waals surface area (Å²) in [5.74, 6) is 1.15. The molecule has 154 valence electrons. The molecule has 0 aliphatic rings. The zero-order valence-corrected chi connectivity index (χ0v) is 18.0. The second-order valence-corrected chi connectivity index (χ2v) is 7.65. The Bertz CT molecular complexity index is 848. The van der Waals surface area contributed by atoms with Crippen molar-refractivity contribution >= 4 is 11.9 Å². The van der Waals surface area contributed by atoms with Crippen molar-refractivity contribution in [3.63, 3.8) is 0 Å². The summed E-state index contributed by atoms with van der Waals surface area (Å²) < 4.78 is 12.4. The fourth-order valence-electron chi connectivity index (χ4n) is 3.30. The third-order valence-corrected chi connectivity index (χ3v) is 4.85. The fraction of sp³-hybridized carbons (Fsp3) is 0.571. The highest BCUT2D eigenvalue weighted by Gasteiger charge is 2.19. The Labute approximate surface area is 166 Å². The van der Waals surface area contributed by atoms with Crippen LogP contribution in [0, 0.1) is 26.7 Å². The molecule has 0 aliphatic carbocycles. The van der Waals surface area contributed by atoms with Crippen LogP contribution in [0.3, 0.4) is 0 Å². The Morgan fingerprint density at radius 1 is 1.29 bits per heavy atom. The normalized spacial score (nSPS) is 11.1. The van der Waals surface area contributed by atoms with Gasteiger partial charge in [-0.3, -0.25) is 9.48 Å². The van der Waals surface area contributed by atoms with Crippen LogP contribution in [-0.4, -0.2) is 40.7 Å². The van der Waals surface area contributed by atoms with Gasteiger partial charge in [0.05, 0.1) is 19.3 Å². The van der Waals surface area contributed by atoms with Gasteiger partial charge >= 0.3 is 5.97 Å². The minimum atomic E-state index is -0.439. The average molecular weight is 389 g/mol. The molecule has 2 aromatic rings. The maximum atomic E-state index is 12.6. The lowest BCUT2D eigenvalue weighted by atomic mass is 10.1. The molecule has 0 saturated carbocycles. The van der Waals surface area contributed by atoms with Crippen LogP contribution in [0.25, 0.3) is 0 Å². The zero-order valence-electron chi connectivity index (χ0n) is 18.0. The molecule has 0 aromatic carbocycles. The SMILES string of the molecule is COC(=O)c1cc(CN(C)C(=O)CCc2c(C)nn(CC(C)C)c2C)oc1C. The van der Waals surface area contributed by atoms with Crippen LogP contribution in [-0.2, 0) is 29.0 Å². The minimum Gasteiger partial charge on any atom is -0.465 e. The molecule has 2 rings (SSSR count). The smallest absolute Gasteiger partial charge is 0.341 e. The Balaban J connectivity index is 1.98. The Morgan fingerprint density at radius 2 is 1.96 bits per heavy atom. The molecule has 0 aliphatic heterocycles. The van der Waals surface area contributed by atoms with E-state index in [-0.39, 0.29) is 5.91 Å². The second kappa shape index (κ2) is 9.08. The molecule has 2 heterocycles. The van der Waals surface area contributed by atoms with Crippen molar-refractivity contribution in [2.45, 2.75) is 60.5 Å². The van der Waals surface area contributed by atoms with Crippen LogP contribution in [0.15, 0.2) is 10.5 Å². The lowest BCUT2D eigenvalue weighted by molar-refractivity contribution is -0.130. The highest BCUT2D eigenvalue weighted by Crippen LogP contribution is 2.19. The molecular weight excluding hydrogens is 358 g/mol. The van der Waals surface area contributed by atoms with Crippen molar-refractivity contribution in [3.8, 4) is 0 Å². The van der Waals surface area contributed by atoms with E-state index in [1.165, 1.54) is 7.11 Å². The number of aryl methyl sites for hydroxylation is 2. The molecule has 0 unspecified atom stereocenters.